The maximum atomic E-state index is 10.0. The molecule has 2 N–H and O–H groups in total. The maximum absolute atomic E-state index is 10.0. The van der Waals surface area contributed by atoms with E-state index in [9.17, 15) is 10.2 Å². The number of hydrogen-bond acceptors (Lipinski definition) is 2. The Morgan fingerprint density at radius 3 is 2.58 bits per heavy atom. The van der Waals surface area contributed by atoms with Crippen molar-refractivity contribution in [2.24, 2.45) is 17.3 Å². The first-order chi connectivity index (χ1) is 9.23. The molecule has 2 saturated carbocycles. The highest BCUT2D eigenvalue weighted by molar-refractivity contribution is 5.17. The third-order valence-corrected chi connectivity index (χ3v) is 5.60. The maximum Gasteiger partial charge on any atom is 0.157 e. The zero-order valence-corrected chi connectivity index (χ0v) is 11.5. The number of aliphatic hydroxyl groups is 2. The minimum Gasteiger partial charge on any atom is -0.368 e. The van der Waals surface area contributed by atoms with Crippen molar-refractivity contribution in [3.8, 4) is 0 Å². The first-order valence-electron chi connectivity index (χ1n) is 7.63. The lowest BCUT2D eigenvalue weighted by molar-refractivity contribution is -0.180. The molecule has 1 aromatic rings. The van der Waals surface area contributed by atoms with Gasteiger partial charge < -0.3 is 10.2 Å². The number of benzene rings is 1. The lowest BCUT2D eigenvalue weighted by Crippen LogP contribution is -2.45. The van der Waals surface area contributed by atoms with E-state index in [-0.39, 0.29) is 5.41 Å². The highest BCUT2D eigenvalue weighted by Crippen LogP contribution is 2.58. The SMILES string of the molecule is OC(O)C12CCCCC1CCC2Cc1ccccc1. The van der Waals surface area contributed by atoms with E-state index in [4.69, 9.17) is 0 Å². The molecule has 3 unspecified atom stereocenters. The van der Waals surface area contributed by atoms with Gasteiger partial charge in [0.15, 0.2) is 6.29 Å². The molecular weight excluding hydrogens is 236 g/mol. The van der Waals surface area contributed by atoms with Crippen LogP contribution < -0.4 is 0 Å². The zero-order valence-electron chi connectivity index (χ0n) is 11.5. The molecular formula is C17H24O2. The van der Waals surface area contributed by atoms with E-state index in [1.54, 1.807) is 0 Å². The molecule has 0 saturated heterocycles. The van der Waals surface area contributed by atoms with Crippen molar-refractivity contribution in [2.45, 2.75) is 51.2 Å². The van der Waals surface area contributed by atoms with Crippen LogP contribution in [0, 0.1) is 17.3 Å². The van der Waals surface area contributed by atoms with Gasteiger partial charge in [-0.2, -0.15) is 0 Å². The predicted molar refractivity (Wildman–Crippen MR) is 75.5 cm³/mol. The summed E-state index contributed by atoms with van der Waals surface area (Å²) in [6.45, 7) is 0. The summed E-state index contributed by atoms with van der Waals surface area (Å²) in [4.78, 5) is 0. The van der Waals surface area contributed by atoms with Gasteiger partial charge in [0.05, 0.1) is 0 Å². The molecule has 2 fully saturated rings. The molecule has 19 heavy (non-hydrogen) atoms. The quantitative estimate of drug-likeness (QED) is 0.820. The van der Waals surface area contributed by atoms with Crippen LogP contribution in [0.3, 0.4) is 0 Å². The summed E-state index contributed by atoms with van der Waals surface area (Å²) in [6, 6.07) is 10.5. The topological polar surface area (TPSA) is 40.5 Å². The standard InChI is InChI=1S/C17H24O2/c18-16(19)17-11-5-4-8-14(17)9-10-15(17)12-13-6-2-1-3-7-13/h1-3,6-7,14-16,18-19H,4-5,8-12H2. The van der Waals surface area contributed by atoms with Crippen LogP contribution in [0.1, 0.15) is 44.1 Å². The van der Waals surface area contributed by atoms with Crippen LogP contribution in [-0.2, 0) is 6.42 Å². The van der Waals surface area contributed by atoms with Crippen molar-refractivity contribution < 1.29 is 10.2 Å². The Balaban J connectivity index is 1.84. The lowest BCUT2D eigenvalue weighted by Gasteiger charge is -2.45. The van der Waals surface area contributed by atoms with Crippen molar-refractivity contribution in [1.29, 1.82) is 0 Å². The van der Waals surface area contributed by atoms with Gasteiger partial charge in [0.25, 0.3) is 0 Å². The molecule has 2 nitrogen and oxygen atoms in total. The van der Waals surface area contributed by atoms with Gasteiger partial charge in [-0.3, -0.25) is 0 Å². The Hall–Kier alpha value is -0.860. The first kappa shape index (κ1) is 13.1. The van der Waals surface area contributed by atoms with E-state index in [1.165, 1.54) is 24.8 Å². The van der Waals surface area contributed by atoms with Gasteiger partial charge in [-0.25, -0.2) is 0 Å². The van der Waals surface area contributed by atoms with E-state index in [1.807, 2.05) is 6.07 Å². The van der Waals surface area contributed by atoms with Gasteiger partial charge in [0.2, 0.25) is 0 Å². The van der Waals surface area contributed by atoms with Gasteiger partial charge in [0, 0.05) is 5.41 Å². The summed E-state index contributed by atoms with van der Waals surface area (Å²) < 4.78 is 0. The molecule has 0 radical (unpaired) electrons. The summed E-state index contributed by atoms with van der Waals surface area (Å²) in [7, 11) is 0. The Morgan fingerprint density at radius 2 is 1.84 bits per heavy atom. The number of fused-ring (bicyclic) bond motifs is 1. The van der Waals surface area contributed by atoms with Crippen molar-refractivity contribution in [1.82, 2.24) is 0 Å². The second-order valence-electron chi connectivity index (χ2n) is 6.39. The molecule has 3 rings (SSSR count). The zero-order chi connectivity index (χ0) is 13.3. The second-order valence-corrected chi connectivity index (χ2v) is 6.39. The largest absolute Gasteiger partial charge is 0.368 e. The Labute approximate surface area is 115 Å². The van der Waals surface area contributed by atoms with E-state index < -0.39 is 6.29 Å². The lowest BCUT2D eigenvalue weighted by atomic mass is 9.62. The molecule has 2 aliphatic rings. The third kappa shape index (κ3) is 2.21. The van der Waals surface area contributed by atoms with Crippen LogP contribution in [-0.4, -0.2) is 16.5 Å². The summed E-state index contributed by atoms with van der Waals surface area (Å²) >= 11 is 0. The fourth-order valence-electron chi connectivity index (χ4n) is 4.66. The average Bonchev–Trinajstić information content (AvgIpc) is 2.80. The minimum atomic E-state index is -1.14. The van der Waals surface area contributed by atoms with Crippen LogP contribution in [0.2, 0.25) is 0 Å². The summed E-state index contributed by atoms with van der Waals surface area (Å²) in [5, 5.41) is 20.1. The van der Waals surface area contributed by atoms with Crippen molar-refractivity contribution >= 4 is 0 Å². The Bertz CT molecular complexity index is 415. The molecule has 2 aliphatic carbocycles. The van der Waals surface area contributed by atoms with Crippen molar-refractivity contribution in [3.05, 3.63) is 35.9 Å². The average molecular weight is 260 g/mol. The first-order valence-corrected chi connectivity index (χ1v) is 7.63. The monoisotopic (exact) mass is 260 g/mol. The number of hydrogen-bond donors (Lipinski definition) is 2. The van der Waals surface area contributed by atoms with E-state index in [0.29, 0.717) is 11.8 Å². The van der Waals surface area contributed by atoms with Crippen molar-refractivity contribution in [3.63, 3.8) is 0 Å². The number of aliphatic hydroxyl groups excluding tert-OH is 1. The van der Waals surface area contributed by atoms with Gasteiger partial charge in [0.1, 0.15) is 0 Å². The number of rotatable bonds is 3. The van der Waals surface area contributed by atoms with E-state index in [2.05, 4.69) is 24.3 Å². The second kappa shape index (κ2) is 5.26. The van der Waals surface area contributed by atoms with Crippen LogP contribution in [0.4, 0.5) is 0 Å². The molecule has 1 aromatic carbocycles. The fourth-order valence-corrected chi connectivity index (χ4v) is 4.66. The van der Waals surface area contributed by atoms with Crippen LogP contribution >= 0.6 is 0 Å². The summed E-state index contributed by atoms with van der Waals surface area (Å²) in [6.07, 6.45) is 6.77. The van der Waals surface area contributed by atoms with Crippen molar-refractivity contribution in [2.75, 3.05) is 0 Å². The highest BCUT2D eigenvalue weighted by atomic mass is 16.5. The Morgan fingerprint density at radius 1 is 1.05 bits per heavy atom. The van der Waals surface area contributed by atoms with Gasteiger partial charge >= 0.3 is 0 Å². The molecule has 0 heterocycles. The van der Waals surface area contributed by atoms with Gasteiger partial charge in [-0.1, -0.05) is 43.2 Å². The van der Waals surface area contributed by atoms with E-state index in [0.717, 1.165) is 25.7 Å². The van der Waals surface area contributed by atoms with Gasteiger partial charge in [-0.15, -0.1) is 0 Å². The molecule has 0 aromatic heterocycles. The highest BCUT2D eigenvalue weighted by Gasteiger charge is 2.54. The minimum absolute atomic E-state index is 0.228. The molecule has 2 heteroatoms. The molecule has 0 amide bonds. The van der Waals surface area contributed by atoms with Crippen LogP contribution in [0.25, 0.3) is 0 Å². The molecule has 104 valence electrons. The third-order valence-electron chi connectivity index (χ3n) is 5.60. The normalized spacial score (nSPS) is 34.5. The molecule has 0 bridgehead atoms. The fraction of sp³-hybridized carbons (Fsp3) is 0.647. The van der Waals surface area contributed by atoms with Gasteiger partial charge in [-0.05, 0) is 49.5 Å². The molecule has 0 spiro atoms. The predicted octanol–water partition coefficient (Wildman–Crippen LogP) is 3.13. The van der Waals surface area contributed by atoms with Crippen LogP contribution in [0.5, 0.6) is 0 Å². The summed E-state index contributed by atoms with van der Waals surface area (Å²) in [5.41, 5.74) is 1.10. The van der Waals surface area contributed by atoms with Crippen LogP contribution in [0.15, 0.2) is 30.3 Å². The Kier molecular flexibility index (Phi) is 3.64. The van der Waals surface area contributed by atoms with E-state index >= 15 is 0 Å². The molecule has 3 atom stereocenters. The molecule has 0 aliphatic heterocycles. The smallest absolute Gasteiger partial charge is 0.157 e. The summed E-state index contributed by atoms with van der Waals surface area (Å²) in [5.74, 6) is 0.954.